The highest BCUT2D eigenvalue weighted by Gasteiger charge is 2.47. The molecule has 2 heterocycles. The first-order valence-corrected chi connectivity index (χ1v) is 11.6. The van der Waals surface area contributed by atoms with Crippen molar-refractivity contribution in [3.05, 3.63) is 89.8 Å². The Hall–Kier alpha value is -4.46. The third-order valence-corrected chi connectivity index (χ3v) is 5.60. The van der Waals surface area contributed by atoms with Crippen LogP contribution in [0.5, 0.6) is 5.75 Å². The highest BCUT2D eigenvalue weighted by atomic mass is 16.5. The molecule has 0 aliphatic carbocycles. The second kappa shape index (κ2) is 10.4. The molecule has 1 aromatic heterocycles. The van der Waals surface area contributed by atoms with Gasteiger partial charge in [-0.05, 0) is 60.0 Å². The molecule has 184 valence electrons. The number of nitrogens with zero attached hydrogens (tertiary/aromatic N) is 2. The number of ketones is 1. The van der Waals surface area contributed by atoms with Crippen molar-refractivity contribution in [2.45, 2.75) is 26.8 Å². The van der Waals surface area contributed by atoms with E-state index in [1.54, 1.807) is 73.1 Å². The Labute approximate surface area is 209 Å². The van der Waals surface area contributed by atoms with Gasteiger partial charge < -0.3 is 15.2 Å². The molecular weight excluding hydrogens is 458 g/mol. The van der Waals surface area contributed by atoms with Crippen molar-refractivity contribution in [1.82, 2.24) is 4.98 Å². The molecule has 0 spiro atoms. The van der Waals surface area contributed by atoms with Gasteiger partial charge in [0.05, 0.1) is 18.2 Å². The van der Waals surface area contributed by atoms with Crippen LogP contribution in [0.4, 0.5) is 11.4 Å². The Morgan fingerprint density at radius 3 is 2.50 bits per heavy atom. The molecule has 1 unspecified atom stereocenters. The van der Waals surface area contributed by atoms with Gasteiger partial charge >= 0.3 is 0 Å². The average Bonchev–Trinajstić information content (AvgIpc) is 3.13. The lowest BCUT2D eigenvalue weighted by atomic mass is 9.96. The van der Waals surface area contributed by atoms with Gasteiger partial charge in [0.1, 0.15) is 11.5 Å². The normalized spacial score (nSPS) is 16.9. The number of rotatable bonds is 7. The number of carbonyl (C=O) groups is 3. The number of aliphatic hydroxyl groups excluding tert-OH is 1. The Morgan fingerprint density at radius 1 is 1.11 bits per heavy atom. The maximum Gasteiger partial charge on any atom is 0.300 e. The van der Waals surface area contributed by atoms with Gasteiger partial charge in [-0.1, -0.05) is 26.0 Å². The van der Waals surface area contributed by atoms with E-state index >= 15 is 0 Å². The highest BCUT2D eigenvalue weighted by Crippen LogP contribution is 2.42. The number of pyridine rings is 1. The fourth-order valence-electron chi connectivity index (χ4n) is 4.02. The number of aromatic nitrogens is 1. The van der Waals surface area contributed by atoms with Crippen molar-refractivity contribution in [2.24, 2.45) is 5.92 Å². The maximum atomic E-state index is 13.3. The van der Waals surface area contributed by atoms with Crippen molar-refractivity contribution in [2.75, 3.05) is 16.8 Å². The monoisotopic (exact) mass is 485 g/mol. The van der Waals surface area contributed by atoms with Gasteiger partial charge in [0, 0.05) is 36.3 Å². The summed E-state index contributed by atoms with van der Waals surface area (Å²) in [7, 11) is 0. The largest absolute Gasteiger partial charge is 0.507 e. The van der Waals surface area contributed by atoms with Crippen LogP contribution >= 0.6 is 0 Å². The van der Waals surface area contributed by atoms with E-state index in [0.29, 0.717) is 40.8 Å². The van der Waals surface area contributed by atoms with Crippen LogP contribution in [0.3, 0.4) is 0 Å². The molecule has 8 nitrogen and oxygen atoms in total. The number of anilines is 2. The van der Waals surface area contributed by atoms with Crippen molar-refractivity contribution in [1.29, 1.82) is 0 Å². The number of hydrogen-bond acceptors (Lipinski definition) is 6. The van der Waals surface area contributed by atoms with Crippen molar-refractivity contribution in [3.8, 4) is 5.75 Å². The van der Waals surface area contributed by atoms with Gasteiger partial charge in [0.2, 0.25) is 5.91 Å². The topological polar surface area (TPSA) is 109 Å². The summed E-state index contributed by atoms with van der Waals surface area (Å²) in [5, 5.41) is 13.9. The lowest BCUT2D eigenvalue weighted by molar-refractivity contribution is -0.132. The zero-order valence-corrected chi connectivity index (χ0v) is 20.3. The van der Waals surface area contributed by atoms with Gasteiger partial charge in [-0.15, -0.1) is 0 Å². The fourth-order valence-corrected chi connectivity index (χ4v) is 4.02. The summed E-state index contributed by atoms with van der Waals surface area (Å²) in [6.07, 6.45) is 3.14. The van der Waals surface area contributed by atoms with E-state index in [0.717, 1.165) is 0 Å². The van der Waals surface area contributed by atoms with Gasteiger partial charge in [-0.3, -0.25) is 24.3 Å². The molecule has 1 fully saturated rings. The molecule has 2 N–H and O–H groups in total. The first-order chi connectivity index (χ1) is 17.3. The molecule has 36 heavy (non-hydrogen) atoms. The second-order valence-corrected chi connectivity index (χ2v) is 8.92. The Morgan fingerprint density at radius 2 is 1.86 bits per heavy atom. The Bertz CT molecular complexity index is 1320. The molecule has 2 amide bonds. The first-order valence-electron chi connectivity index (χ1n) is 11.6. The summed E-state index contributed by atoms with van der Waals surface area (Å²) in [5.74, 6) is -1.16. The lowest BCUT2D eigenvalue weighted by Gasteiger charge is -2.25. The molecule has 2 aromatic carbocycles. The number of hydrogen-bond donors (Lipinski definition) is 2. The van der Waals surface area contributed by atoms with Crippen LogP contribution in [0.25, 0.3) is 5.76 Å². The van der Waals surface area contributed by atoms with Crippen LogP contribution in [0.15, 0.2) is 78.6 Å². The van der Waals surface area contributed by atoms with E-state index in [2.05, 4.69) is 10.3 Å². The summed E-state index contributed by atoms with van der Waals surface area (Å²) in [4.78, 5) is 43.6. The lowest BCUT2D eigenvalue weighted by Crippen LogP contribution is -2.29. The molecular formula is C28H27N3O5. The minimum absolute atomic E-state index is 0.0474. The molecule has 8 heteroatoms. The molecule has 1 atom stereocenters. The van der Waals surface area contributed by atoms with Crippen LogP contribution in [0.2, 0.25) is 0 Å². The van der Waals surface area contributed by atoms with E-state index in [9.17, 15) is 19.5 Å². The molecule has 1 aliphatic heterocycles. The first kappa shape index (κ1) is 24.7. The van der Waals surface area contributed by atoms with Gasteiger partial charge in [0.15, 0.2) is 0 Å². The minimum Gasteiger partial charge on any atom is -0.507 e. The average molecular weight is 486 g/mol. The van der Waals surface area contributed by atoms with Crippen LogP contribution in [0, 0.1) is 5.92 Å². The summed E-state index contributed by atoms with van der Waals surface area (Å²) in [5.41, 5.74) is 1.76. The number of nitrogens with one attached hydrogen (secondary N) is 1. The molecule has 0 bridgehead atoms. The van der Waals surface area contributed by atoms with E-state index in [1.807, 2.05) is 13.8 Å². The molecule has 0 radical (unpaired) electrons. The Balaban J connectivity index is 1.80. The highest BCUT2D eigenvalue weighted by molar-refractivity contribution is 6.51. The van der Waals surface area contributed by atoms with Crippen LogP contribution in [0.1, 0.15) is 37.9 Å². The molecule has 4 rings (SSSR count). The predicted octanol–water partition coefficient (Wildman–Crippen LogP) is 4.70. The molecule has 0 saturated carbocycles. The zero-order chi connectivity index (χ0) is 25.8. The van der Waals surface area contributed by atoms with Crippen molar-refractivity contribution in [3.63, 3.8) is 0 Å². The van der Waals surface area contributed by atoms with E-state index in [-0.39, 0.29) is 17.2 Å². The number of carbonyl (C=O) groups excluding carboxylic acids is 3. The fraction of sp³-hybridized carbons (Fsp3) is 0.214. The van der Waals surface area contributed by atoms with Crippen molar-refractivity contribution >= 4 is 34.7 Å². The smallest absolute Gasteiger partial charge is 0.300 e. The van der Waals surface area contributed by atoms with Crippen LogP contribution in [-0.2, 0) is 14.4 Å². The third-order valence-electron chi connectivity index (χ3n) is 5.60. The number of ether oxygens (including phenoxy) is 1. The Kier molecular flexibility index (Phi) is 7.15. The second-order valence-electron chi connectivity index (χ2n) is 8.92. The van der Waals surface area contributed by atoms with E-state index in [1.165, 1.54) is 11.8 Å². The number of Topliss-reactive ketones (excluding diaryl/α,β-unsaturated/α-hetero) is 1. The summed E-state index contributed by atoms with van der Waals surface area (Å²) < 4.78 is 5.70. The summed E-state index contributed by atoms with van der Waals surface area (Å²) >= 11 is 0. The van der Waals surface area contributed by atoms with Gasteiger partial charge in [-0.2, -0.15) is 0 Å². The SMILES string of the molecule is CC(=O)Nc1cccc(N2C(=O)C(=O)/C(=C(/O)c3ccc(OCC(C)C)cc3)C2c2cccnc2)c1. The van der Waals surface area contributed by atoms with Gasteiger partial charge in [0.25, 0.3) is 11.7 Å². The van der Waals surface area contributed by atoms with E-state index < -0.39 is 17.7 Å². The third kappa shape index (κ3) is 5.12. The van der Waals surface area contributed by atoms with Crippen molar-refractivity contribution < 1.29 is 24.2 Å². The molecule has 1 saturated heterocycles. The number of aliphatic hydroxyl groups is 1. The number of amides is 2. The summed E-state index contributed by atoms with van der Waals surface area (Å²) in [6, 6.07) is 15.9. The standard InChI is InChI=1S/C28H27N3O5/c1-17(2)16-36-23-11-9-19(10-12-23)26(33)24-25(20-6-5-13-29-15-20)31(28(35)27(24)34)22-8-4-7-21(14-22)30-18(3)32/h4-15,17,25,33H,16H2,1-3H3,(H,30,32)/b26-24+. The maximum absolute atomic E-state index is 13.3. The van der Waals surface area contributed by atoms with Crippen LogP contribution < -0.4 is 15.0 Å². The quantitative estimate of drug-likeness (QED) is 0.285. The number of benzene rings is 2. The zero-order valence-electron chi connectivity index (χ0n) is 20.3. The van der Waals surface area contributed by atoms with Crippen LogP contribution in [-0.4, -0.2) is 34.3 Å². The van der Waals surface area contributed by atoms with Gasteiger partial charge in [-0.25, -0.2) is 0 Å². The summed E-state index contributed by atoms with van der Waals surface area (Å²) in [6.45, 7) is 6.02. The minimum atomic E-state index is -0.914. The molecule has 3 aromatic rings. The predicted molar refractivity (Wildman–Crippen MR) is 137 cm³/mol. The molecule has 1 aliphatic rings. The van der Waals surface area contributed by atoms with E-state index in [4.69, 9.17) is 4.74 Å².